The normalized spacial score (nSPS) is 10.8. The molecular formula is C19H18FIN4O5. The van der Waals surface area contributed by atoms with Crippen LogP contribution in [0.5, 0.6) is 0 Å². The molecule has 0 aliphatic rings. The van der Waals surface area contributed by atoms with E-state index in [1.807, 2.05) is 22.6 Å². The van der Waals surface area contributed by atoms with E-state index in [2.05, 4.69) is 22.5 Å². The summed E-state index contributed by atoms with van der Waals surface area (Å²) in [5.41, 5.74) is 2.12. The highest BCUT2D eigenvalue weighted by Crippen LogP contribution is 2.29. The second-order valence-corrected chi connectivity index (χ2v) is 7.37. The third-order valence-electron chi connectivity index (χ3n) is 4.18. The first-order chi connectivity index (χ1) is 14.3. The number of carbonyl (C=O) groups excluding carboxylic acids is 1. The lowest BCUT2D eigenvalue weighted by molar-refractivity contribution is 0.0145. The molecule has 0 spiro atoms. The minimum atomic E-state index is -0.709. The topological polar surface area (TPSA) is 108 Å². The number of ether oxygens (including phenoxy) is 1. The number of aryl methyl sites for hydroxylation is 1. The summed E-state index contributed by atoms with van der Waals surface area (Å²) >= 11 is 1.98. The highest BCUT2D eigenvalue weighted by Gasteiger charge is 2.26. The van der Waals surface area contributed by atoms with E-state index in [0.29, 0.717) is 9.26 Å². The molecule has 0 saturated carbocycles. The zero-order chi connectivity index (χ0) is 21.8. The lowest BCUT2D eigenvalue weighted by atomic mass is 10.1. The molecule has 0 aliphatic heterocycles. The molecule has 0 fully saturated rings. The monoisotopic (exact) mass is 528 g/mol. The number of rotatable bonds is 8. The number of benzene rings is 1. The fourth-order valence-electron chi connectivity index (χ4n) is 2.75. The average Bonchev–Trinajstić information content (AvgIpc) is 3.09. The predicted molar refractivity (Wildman–Crippen MR) is 116 cm³/mol. The smallest absolute Gasteiger partial charge is 0.282 e. The molecule has 30 heavy (non-hydrogen) atoms. The first kappa shape index (κ1) is 21.8. The second-order valence-electron chi connectivity index (χ2n) is 6.13. The molecule has 0 bridgehead atoms. The number of fused-ring (bicyclic) bond motifs is 1. The van der Waals surface area contributed by atoms with Crippen LogP contribution in [0.25, 0.3) is 11.0 Å². The van der Waals surface area contributed by atoms with Gasteiger partial charge in [0.05, 0.1) is 17.6 Å². The molecule has 0 aliphatic carbocycles. The zero-order valence-electron chi connectivity index (χ0n) is 16.1. The first-order valence-electron chi connectivity index (χ1n) is 8.70. The number of halogens is 2. The first-order valence-corrected chi connectivity index (χ1v) is 9.78. The number of nitrogens with one attached hydrogen (secondary N) is 2. The maximum absolute atomic E-state index is 14.4. The van der Waals surface area contributed by atoms with Gasteiger partial charge >= 0.3 is 0 Å². The van der Waals surface area contributed by atoms with E-state index in [1.54, 1.807) is 13.0 Å². The average molecular weight is 528 g/mol. The van der Waals surface area contributed by atoms with Gasteiger partial charge in [0.25, 0.3) is 11.5 Å². The Bertz CT molecular complexity index is 1170. The lowest BCUT2D eigenvalue weighted by Gasteiger charge is -2.16. The molecule has 3 aromatic rings. The number of carbonyl (C=O) groups is 1. The summed E-state index contributed by atoms with van der Waals surface area (Å²) in [5, 5.41) is 6.75. The Kier molecular flexibility index (Phi) is 6.72. The highest BCUT2D eigenvalue weighted by molar-refractivity contribution is 14.1. The highest BCUT2D eigenvalue weighted by atomic mass is 127. The van der Waals surface area contributed by atoms with Crippen LogP contribution < -0.4 is 16.4 Å². The van der Waals surface area contributed by atoms with Gasteiger partial charge in [-0.25, -0.2) is 9.87 Å². The molecule has 0 unspecified atom stereocenters. The number of amides is 1. The van der Waals surface area contributed by atoms with Gasteiger partial charge in [-0.2, -0.15) is 0 Å². The van der Waals surface area contributed by atoms with Gasteiger partial charge in [-0.05, 0) is 47.7 Å². The van der Waals surface area contributed by atoms with Crippen molar-refractivity contribution >= 4 is 51.0 Å². The molecule has 0 radical (unpaired) electrons. The SMILES string of the molecule is C=COCCONC(=O)c1c(Nc2ccc(I)cc2F)n(C)c(=O)c2c(C)noc12. The number of aromatic nitrogens is 2. The van der Waals surface area contributed by atoms with Gasteiger partial charge in [-0.1, -0.05) is 11.7 Å². The van der Waals surface area contributed by atoms with Crippen molar-refractivity contribution in [2.24, 2.45) is 7.05 Å². The van der Waals surface area contributed by atoms with Gasteiger partial charge in [0.1, 0.15) is 35.8 Å². The number of anilines is 2. The molecule has 2 aromatic heterocycles. The minimum absolute atomic E-state index is 0.0206. The van der Waals surface area contributed by atoms with Crippen molar-refractivity contribution in [3.8, 4) is 0 Å². The van der Waals surface area contributed by atoms with Gasteiger partial charge in [-0.15, -0.1) is 0 Å². The summed E-state index contributed by atoms with van der Waals surface area (Å²) in [6, 6.07) is 4.51. The predicted octanol–water partition coefficient (Wildman–Crippen LogP) is 3.14. The van der Waals surface area contributed by atoms with Crippen molar-refractivity contribution < 1.29 is 23.3 Å². The third kappa shape index (κ3) is 4.31. The van der Waals surface area contributed by atoms with Crippen LogP contribution in [-0.4, -0.2) is 28.8 Å². The number of nitrogens with zero attached hydrogens (tertiary/aromatic N) is 2. The summed E-state index contributed by atoms with van der Waals surface area (Å²) in [6.45, 7) is 5.22. The molecule has 2 heterocycles. The Morgan fingerprint density at radius 3 is 2.90 bits per heavy atom. The number of hydroxylamine groups is 1. The van der Waals surface area contributed by atoms with E-state index >= 15 is 0 Å². The van der Waals surface area contributed by atoms with E-state index in [-0.39, 0.29) is 41.3 Å². The summed E-state index contributed by atoms with van der Waals surface area (Å²) in [6.07, 6.45) is 1.25. The Balaban J connectivity index is 2.07. The Morgan fingerprint density at radius 2 is 2.20 bits per heavy atom. The molecule has 0 saturated heterocycles. The largest absolute Gasteiger partial charge is 0.499 e. The van der Waals surface area contributed by atoms with Crippen LogP contribution in [0.2, 0.25) is 0 Å². The lowest BCUT2D eigenvalue weighted by Crippen LogP contribution is -2.30. The van der Waals surface area contributed by atoms with E-state index in [9.17, 15) is 14.0 Å². The van der Waals surface area contributed by atoms with Crippen LogP contribution in [-0.2, 0) is 16.6 Å². The maximum Gasteiger partial charge on any atom is 0.282 e. The van der Waals surface area contributed by atoms with E-state index in [0.717, 1.165) is 0 Å². The summed E-state index contributed by atoms with van der Waals surface area (Å²) < 4.78 is 26.5. The van der Waals surface area contributed by atoms with Gasteiger partial charge < -0.3 is 14.6 Å². The van der Waals surface area contributed by atoms with Crippen molar-refractivity contribution in [3.63, 3.8) is 0 Å². The van der Waals surface area contributed by atoms with Gasteiger partial charge in [0.15, 0.2) is 5.58 Å². The number of hydrogen-bond acceptors (Lipinski definition) is 7. The van der Waals surface area contributed by atoms with E-state index in [4.69, 9.17) is 14.1 Å². The maximum atomic E-state index is 14.4. The van der Waals surface area contributed by atoms with Crippen molar-refractivity contribution in [3.05, 3.63) is 62.0 Å². The summed E-state index contributed by atoms with van der Waals surface area (Å²) in [5.74, 6) is -1.24. The van der Waals surface area contributed by atoms with Crippen LogP contribution in [0.4, 0.5) is 15.9 Å². The van der Waals surface area contributed by atoms with Crippen molar-refractivity contribution in [1.82, 2.24) is 15.2 Å². The van der Waals surface area contributed by atoms with Crippen LogP contribution in [0.3, 0.4) is 0 Å². The Morgan fingerprint density at radius 1 is 1.43 bits per heavy atom. The molecule has 158 valence electrons. The fraction of sp³-hybridized carbons (Fsp3) is 0.211. The third-order valence-corrected chi connectivity index (χ3v) is 4.85. The van der Waals surface area contributed by atoms with Crippen LogP contribution in [0.1, 0.15) is 16.1 Å². The van der Waals surface area contributed by atoms with Crippen LogP contribution in [0, 0.1) is 16.3 Å². The Labute approximate surface area is 183 Å². The molecule has 9 nitrogen and oxygen atoms in total. The summed E-state index contributed by atoms with van der Waals surface area (Å²) in [7, 11) is 1.46. The standard InChI is InChI=1S/C19H18FIN4O5/c1-4-28-7-8-29-24-18(26)15-16-14(10(2)23-30-16)19(27)25(3)17(15)22-13-6-5-11(21)9-12(13)20/h4-6,9,22H,1,7-8H2,2-3H3,(H,24,26). The number of hydrogen-bond donors (Lipinski definition) is 2. The molecule has 11 heteroatoms. The zero-order valence-corrected chi connectivity index (χ0v) is 18.3. The van der Waals surface area contributed by atoms with E-state index < -0.39 is 17.3 Å². The fourth-order valence-corrected chi connectivity index (χ4v) is 3.21. The van der Waals surface area contributed by atoms with Gasteiger partial charge in [0.2, 0.25) is 0 Å². The molecule has 2 N–H and O–H groups in total. The van der Waals surface area contributed by atoms with Gasteiger partial charge in [-0.3, -0.25) is 19.0 Å². The molecule has 1 amide bonds. The molecule has 0 atom stereocenters. The van der Waals surface area contributed by atoms with E-state index in [1.165, 1.54) is 30.0 Å². The summed E-state index contributed by atoms with van der Waals surface area (Å²) in [4.78, 5) is 30.8. The van der Waals surface area contributed by atoms with Crippen molar-refractivity contribution in [1.29, 1.82) is 0 Å². The second kappa shape index (κ2) is 9.26. The Hall–Kier alpha value is -2.93. The number of pyridine rings is 1. The molecule has 3 rings (SSSR count). The van der Waals surface area contributed by atoms with Crippen molar-refractivity contribution in [2.45, 2.75) is 6.92 Å². The molecule has 1 aromatic carbocycles. The quantitative estimate of drug-likeness (QED) is 0.200. The minimum Gasteiger partial charge on any atom is -0.499 e. The van der Waals surface area contributed by atoms with Crippen molar-refractivity contribution in [2.75, 3.05) is 18.5 Å². The molecular weight excluding hydrogens is 510 g/mol. The van der Waals surface area contributed by atoms with Gasteiger partial charge in [0, 0.05) is 10.6 Å². The van der Waals surface area contributed by atoms with Crippen LogP contribution >= 0.6 is 22.6 Å². The van der Waals surface area contributed by atoms with Crippen LogP contribution in [0.15, 0.2) is 40.4 Å².